The van der Waals surface area contributed by atoms with Crippen molar-refractivity contribution >= 4 is 28.9 Å². The number of fused-ring (bicyclic) bond motifs is 3. The molecule has 0 fully saturated rings. The molecule has 0 radical (unpaired) electrons. The van der Waals surface area contributed by atoms with E-state index in [4.69, 9.17) is 16.3 Å². The van der Waals surface area contributed by atoms with Crippen LogP contribution in [0.25, 0.3) is 5.70 Å². The molecule has 0 amide bonds. The average molecular weight is 456 g/mol. The van der Waals surface area contributed by atoms with Crippen molar-refractivity contribution in [2.75, 3.05) is 24.3 Å². The molecule has 4 aromatic rings. The molecule has 0 bridgehead atoms. The molecule has 0 spiro atoms. The Kier molecular flexibility index (Phi) is 4.62. The largest absolute Gasteiger partial charge is 0.480 e. The Labute approximate surface area is 197 Å². The van der Waals surface area contributed by atoms with Crippen LogP contribution in [0.3, 0.4) is 0 Å². The minimum Gasteiger partial charge on any atom is -0.480 e. The highest BCUT2D eigenvalue weighted by Gasteiger charge is 2.40. The van der Waals surface area contributed by atoms with Gasteiger partial charge in [-0.3, -0.25) is 0 Å². The molecular formula is C26H22ClN5O. The van der Waals surface area contributed by atoms with Crippen LogP contribution >= 0.6 is 11.6 Å². The first-order valence-corrected chi connectivity index (χ1v) is 11.2. The number of para-hydroxylation sites is 1. The second-order valence-corrected chi connectivity index (χ2v) is 8.85. The average Bonchev–Trinajstić information content (AvgIpc) is 3.31. The summed E-state index contributed by atoms with van der Waals surface area (Å²) in [5.41, 5.74) is 6.40. The van der Waals surface area contributed by atoms with E-state index in [0.717, 1.165) is 39.4 Å². The molecule has 1 aromatic heterocycles. The standard InChI is InChI=1S/C26H22ClN5O/c1-31(2)19-13-9-17(10-14-19)25-22-23(20-5-3-4-6-21(20)33-25)30-26-28-15-29-32(26)24(22)16-7-11-18(27)12-8-16/h3-15,24-25H,1-2H3,(H,28,29,30). The molecule has 0 saturated carbocycles. The molecule has 0 aliphatic carbocycles. The number of hydrogen-bond acceptors (Lipinski definition) is 5. The third-order valence-electron chi connectivity index (χ3n) is 6.22. The Hall–Kier alpha value is -3.77. The zero-order chi connectivity index (χ0) is 22.5. The topological polar surface area (TPSA) is 55.2 Å². The van der Waals surface area contributed by atoms with E-state index in [1.54, 1.807) is 6.33 Å². The minimum atomic E-state index is -0.295. The number of aromatic nitrogens is 3. The summed E-state index contributed by atoms with van der Waals surface area (Å²) >= 11 is 6.21. The quantitative estimate of drug-likeness (QED) is 0.438. The number of halogens is 1. The van der Waals surface area contributed by atoms with Crippen molar-refractivity contribution in [1.82, 2.24) is 14.8 Å². The molecule has 164 valence electrons. The van der Waals surface area contributed by atoms with Gasteiger partial charge in [-0.1, -0.05) is 48.0 Å². The maximum Gasteiger partial charge on any atom is 0.226 e. The second-order valence-electron chi connectivity index (χ2n) is 8.42. The highest BCUT2D eigenvalue weighted by Crippen LogP contribution is 2.50. The van der Waals surface area contributed by atoms with Gasteiger partial charge in [0, 0.05) is 35.9 Å². The molecule has 2 unspecified atom stereocenters. The number of hydrogen-bond donors (Lipinski definition) is 1. The Morgan fingerprint density at radius 2 is 1.67 bits per heavy atom. The van der Waals surface area contributed by atoms with Crippen LogP contribution in [-0.2, 0) is 0 Å². The summed E-state index contributed by atoms with van der Waals surface area (Å²) in [7, 11) is 4.08. The monoisotopic (exact) mass is 455 g/mol. The van der Waals surface area contributed by atoms with E-state index in [1.807, 2.05) is 61.2 Å². The highest BCUT2D eigenvalue weighted by molar-refractivity contribution is 6.30. The molecule has 7 heteroatoms. The number of nitrogens with one attached hydrogen (secondary N) is 1. The van der Waals surface area contributed by atoms with Crippen LogP contribution in [0, 0.1) is 0 Å². The van der Waals surface area contributed by atoms with Crippen LogP contribution < -0.4 is 15.0 Å². The van der Waals surface area contributed by atoms with Gasteiger partial charge in [0.1, 0.15) is 24.2 Å². The van der Waals surface area contributed by atoms with Crippen molar-refractivity contribution in [3.05, 3.63) is 106 Å². The molecule has 6 nitrogen and oxygen atoms in total. The molecule has 3 aromatic carbocycles. The molecule has 2 atom stereocenters. The highest BCUT2D eigenvalue weighted by atomic mass is 35.5. The van der Waals surface area contributed by atoms with Crippen LogP contribution in [0.1, 0.15) is 28.8 Å². The van der Waals surface area contributed by atoms with E-state index in [9.17, 15) is 0 Å². The molecular weight excluding hydrogens is 434 g/mol. The summed E-state index contributed by atoms with van der Waals surface area (Å²) in [6.07, 6.45) is 1.29. The van der Waals surface area contributed by atoms with E-state index in [-0.39, 0.29) is 12.1 Å². The Morgan fingerprint density at radius 1 is 0.939 bits per heavy atom. The number of anilines is 2. The van der Waals surface area contributed by atoms with Crippen molar-refractivity contribution in [2.45, 2.75) is 12.1 Å². The first kappa shape index (κ1) is 19.9. The number of benzene rings is 3. The number of nitrogens with zero attached hydrogens (tertiary/aromatic N) is 4. The van der Waals surface area contributed by atoms with Crippen molar-refractivity contribution in [1.29, 1.82) is 0 Å². The van der Waals surface area contributed by atoms with Gasteiger partial charge in [0.05, 0.1) is 5.70 Å². The third-order valence-corrected chi connectivity index (χ3v) is 6.47. The summed E-state index contributed by atoms with van der Waals surface area (Å²) in [6.45, 7) is 0. The van der Waals surface area contributed by atoms with E-state index < -0.39 is 0 Å². The van der Waals surface area contributed by atoms with Crippen molar-refractivity contribution < 1.29 is 4.74 Å². The summed E-state index contributed by atoms with van der Waals surface area (Å²) in [6, 6.07) is 24.3. The van der Waals surface area contributed by atoms with Gasteiger partial charge in [-0.2, -0.15) is 10.1 Å². The van der Waals surface area contributed by atoms with Crippen LogP contribution in [0.2, 0.25) is 5.02 Å². The third kappa shape index (κ3) is 3.26. The first-order chi connectivity index (χ1) is 16.1. The molecule has 1 N–H and O–H groups in total. The smallest absolute Gasteiger partial charge is 0.226 e. The first-order valence-electron chi connectivity index (χ1n) is 10.8. The van der Waals surface area contributed by atoms with Crippen LogP contribution in [0.4, 0.5) is 11.6 Å². The van der Waals surface area contributed by atoms with Gasteiger partial charge in [-0.25, -0.2) is 4.68 Å². The van der Waals surface area contributed by atoms with E-state index >= 15 is 0 Å². The van der Waals surface area contributed by atoms with Gasteiger partial charge in [0.2, 0.25) is 5.95 Å². The van der Waals surface area contributed by atoms with Gasteiger partial charge >= 0.3 is 0 Å². The lowest BCUT2D eigenvalue weighted by molar-refractivity contribution is 0.223. The molecule has 0 saturated heterocycles. The van der Waals surface area contributed by atoms with Crippen LogP contribution in [0.15, 0.2) is 84.7 Å². The van der Waals surface area contributed by atoms with Gasteiger partial charge in [0.25, 0.3) is 0 Å². The Balaban J connectivity index is 1.58. The lowest BCUT2D eigenvalue weighted by Crippen LogP contribution is -2.32. The molecule has 2 aliphatic rings. The van der Waals surface area contributed by atoms with Crippen molar-refractivity contribution in [3.63, 3.8) is 0 Å². The predicted octanol–water partition coefficient (Wildman–Crippen LogP) is 5.56. The maximum absolute atomic E-state index is 6.66. The Morgan fingerprint density at radius 3 is 2.42 bits per heavy atom. The SMILES string of the molecule is CN(C)c1ccc(C2Oc3ccccc3C3=C2C(c2ccc(Cl)cc2)n2ncnc2N3)cc1. The maximum atomic E-state index is 6.66. The molecule has 33 heavy (non-hydrogen) atoms. The molecule has 6 rings (SSSR count). The van der Waals surface area contributed by atoms with Gasteiger partial charge < -0.3 is 15.0 Å². The van der Waals surface area contributed by atoms with Gasteiger partial charge in [-0.05, 0) is 47.5 Å². The van der Waals surface area contributed by atoms with Crippen LogP contribution in [0.5, 0.6) is 5.75 Å². The number of rotatable bonds is 3. The van der Waals surface area contributed by atoms with Crippen LogP contribution in [-0.4, -0.2) is 28.9 Å². The molecule has 2 aliphatic heterocycles. The van der Waals surface area contributed by atoms with E-state index in [2.05, 4.69) is 50.6 Å². The normalized spacial score (nSPS) is 18.5. The number of ether oxygens (including phenoxy) is 1. The van der Waals surface area contributed by atoms with E-state index in [1.165, 1.54) is 0 Å². The summed E-state index contributed by atoms with van der Waals surface area (Å²) in [5, 5.41) is 8.79. The minimum absolute atomic E-state index is 0.192. The fraction of sp³-hybridized carbons (Fsp3) is 0.154. The second kappa shape index (κ2) is 7.67. The summed E-state index contributed by atoms with van der Waals surface area (Å²) in [4.78, 5) is 6.57. The zero-order valence-electron chi connectivity index (χ0n) is 18.2. The lowest BCUT2D eigenvalue weighted by atomic mass is 9.84. The fourth-order valence-corrected chi connectivity index (χ4v) is 4.73. The van der Waals surface area contributed by atoms with E-state index in [0.29, 0.717) is 11.0 Å². The zero-order valence-corrected chi connectivity index (χ0v) is 19.0. The fourth-order valence-electron chi connectivity index (χ4n) is 4.61. The van der Waals surface area contributed by atoms with Gasteiger partial charge in [-0.15, -0.1) is 0 Å². The molecule has 3 heterocycles. The lowest BCUT2D eigenvalue weighted by Gasteiger charge is -2.39. The summed E-state index contributed by atoms with van der Waals surface area (Å²) in [5.74, 6) is 1.54. The van der Waals surface area contributed by atoms with Gasteiger partial charge in [0.15, 0.2) is 0 Å². The van der Waals surface area contributed by atoms with Crippen molar-refractivity contribution in [2.24, 2.45) is 0 Å². The van der Waals surface area contributed by atoms with Crippen molar-refractivity contribution in [3.8, 4) is 5.75 Å². The predicted molar refractivity (Wildman–Crippen MR) is 131 cm³/mol. The summed E-state index contributed by atoms with van der Waals surface area (Å²) < 4.78 is 8.57. The Bertz CT molecular complexity index is 1360.